The number of ether oxygens (including phenoxy) is 2. The Labute approximate surface area is 105 Å². The SMILES string of the molecule is CCNC(C)(CO)CCOCC1CCCCO1. The van der Waals surface area contributed by atoms with Gasteiger partial charge in [0.25, 0.3) is 0 Å². The summed E-state index contributed by atoms with van der Waals surface area (Å²) in [5.41, 5.74) is -0.220. The van der Waals surface area contributed by atoms with E-state index in [0.717, 1.165) is 26.0 Å². The molecule has 2 N–H and O–H groups in total. The standard InChI is InChI=1S/C13H27NO3/c1-3-14-13(2,11-15)7-9-16-10-12-6-4-5-8-17-12/h12,14-15H,3-11H2,1-2H3. The monoisotopic (exact) mass is 245 g/mol. The third-order valence-corrected chi connectivity index (χ3v) is 3.33. The van der Waals surface area contributed by atoms with Crippen LogP contribution in [0, 0.1) is 0 Å². The van der Waals surface area contributed by atoms with E-state index in [-0.39, 0.29) is 18.2 Å². The Balaban J connectivity index is 2.09. The van der Waals surface area contributed by atoms with Crippen molar-refractivity contribution in [2.45, 2.75) is 51.2 Å². The maximum Gasteiger partial charge on any atom is 0.0808 e. The van der Waals surface area contributed by atoms with Gasteiger partial charge in [-0.2, -0.15) is 0 Å². The molecule has 0 amide bonds. The number of aliphatic hydroxyl groups is 1. The number of likely N-dealkylation sites (N-methyl/N-ethyl adjacent to an activating group) is 1. The van der Waals surface area contributed by atoms with Gasteiger partial charge in [-0.25, -0.2) is 0 Å². The van der Waals surface area contributed by atoms with E-state index in [1.165, 1.54) is 12.8 Å². The molecule has 0 aliphatic carbocycles. The van der Waals surface area contributed by atoms with Crippen molar-refractivity contribution in [3.63, 3.8) is 0 Å². The normalized spacial score (nSPS) is 24.5. The minimum Gasteiger partial charge on any atom is -0.394 e. The second-order valence-corrected chi connectivity index (χ2v) is 5.06. The number of rotatable bonds is 8. The number of aliphatic hydroxyl groups excluding tert-OH is 1. The second kappa shape index (κ2) is 8.03. The van der Waals surface area contributed by atoms with E-state index >= 15 is 0 Å². The molecular formula is C13H27NO3. The average Bonchev–Trinajstić information content (AvgIpc) is 2.36. The van der Waals surface area contributed by atoms with Gasteiger partial charge in [-0.05, 0) is 39.2 Å². The van der Waals surface area contributed by atoms with Crippen LogP contribution in [0.2, 0.25) is 0 Å². The number of hydrogen-bond acceptors (Lipinski definition) is 4. The highest BCUT2D eigenvalue weighted by Gasteiger charge is 2.21. The molecule has 102 valence electrons. The zero-order valence-electron chi connectivity index (χ0n) is 11.2. The van der Waals surface area contributed by atoms with Crippen LogP contribution in [-0.2, 0) is 9.47 Å². The predicted octanol–water partition coefficient (Wildman–Crippen LogP) is 1.32. The lowest BCUT2D eigenvalue weighted by molar-refractivity contribution is -0.0445. The lowest BCUT2D eigenvalue weighted by atomic mass is 10.00. The zero-order chi connectivity index (χ0) is 12.6. The van der Waals surface area contributed by atoms with Gasteiger partial charge in [0.05, 0.1) is 19.3 Å². The highest BCUT2D eigenvalue weighted by Crippen LogP contribution is 2.14. The molecule has 17 heavy (non-hydrogen) atoms. The summed E-state index contributed by atoms with van der Waals surface area (Å²) in [5.74, 6) is 0. The first-order chi connectivity index (χ1) is 8.20. The lowest BCUT2D eigenvalue weighted by Gasteiger charge is -2.29. The van der Waals surface area contributed by atoms with Gasteiger partial charge in [-0.15, -0.1) is 0 Å². The molecule has 1 heterocycles. The third-order valence-electron chi connectivity index (χ3n) is 3.33. The summed E-state index contributed by atoms with van der Waals surface area (Å²) < 4.78 is 11.2. The first-order valence-electron chi connectivity index (χ1n) is 6.75. The fraction of sp³-hybridized carbons (Fsp3) is 1.00. The van der Waals surface area contributed by atoms with Gasteiger partial charge >= 0.3 is 0 Å². The van der Waals surface area contributed by atoms with Crippen molar-refractivity contribution in [2.75, 3.05) is 33.0 Å². The van der Waals surface area contributed by atoms with Crippen LogP contribution >= 0.6 is 0 Å². The Hall–Kier alpha value is -0.160. The molecule has 1 saturated heterocycles. The smallest absolute Gasteiger partial charge is 0.0808 e. The highest BCUT2D eigenvalue weighted by molar-refractivity contribution is 4.81. The van der Waals surface area contributed by atoms with Crippen LogP contribution in [0.15, 0.2) is 0 Å². The topological polar surface area (TPSA) is 50.7 Å². The molecule has 0 aromatic carbocycles. The summed E-state index contributed by atoms with van der Waals surface area (Å²) in [6.45, 7) is 7.31. The van der Waals surface area contributed by atoms with Gasteiger partial charge in [0.2, 0.25) is 0 Å². The lowest BCUT2D eigenvalue weighted by Crippen LogP contribution is -2.46. The molecule has 0 radical (unpaired) electrons. The van der Waals surface area contributed by atoms with Crippen LogP contribution in [0.1, 0.15) is 39.5 Å². The molecular weight excluding hydrogens is 218 g/mol. The Bertz CT molecular complexity index is 195. The van der Waals surface area contributed by atoms with Crippen LogP contribution in [0.5, 0.6) is 0 Å². The molecule has 0 aromatic heterocycles. The predicted molar refractivity (Wildman–Crippen MR) is 68.2 cm³/mol. The van der Waals surface area contributed by atoms with E-state index in [9.17, 15) is 5.11 Å². The first kappa shape index (κ1) is 14.9. The molecule has 0 saturated carbocycles. The minimum absolute atomic E-state index is 0.143. The van der Waals surface area contributed by atoms with Gasteiger partial charge < -0.3 is 19.9 Å². The summed E-state index contributed by atoms with van der Waals surface area (Å²) in [5, 5.41) is 12.6. The van der Waals surface area contributed by atoms with Crippen molar-refractivity contribution >= 4 is 0 Å². The van der Waals surface area contributed by atoms with Crippen molar-refractivity contribution in [3.8, 4) is 0 Å². The molecule has 0 bridgehead atoms. The van der Waals surface area contributed by atoms with E-state index in [2.05, 4.69) is 5.32 Å². The van der Waals surface area contributed by atoms with E-state index in [0.29, 0.717) is 13.2 Å². The van der Waals surface area contributed by atoms with Crippen LogP contribution in [0.3, 0.4) is 0 Å². The van der Waals surface area contributed by atoms with Gasteiger partial charge in [-0.3, -0.25) is 0 Å². The van der Waals surface area contributed by atoms with Gasteiger partial charge in [-0.1, -0.05) is 6.92 Å². The summed E-state index contributed by atoms with van der Waals surface area (Å²) in [6, 6.07) is 0. The largest absolute Gasteiger partial charge is 0.394 e. The fourth-order valence-electron chi connectivity index (χ4n) is 2.10. The molecule has 0 aromatic rings. The molecule has 1 aliphatic heterocycles. The maximum atomic E-state index is 9.32. The van der Waals surface area contributed by atoms with E-state index in [1.54, 1.807) is 0 Å². The Kier molecular flexibility index (Phi) is 7.04. The fourth-order valence-corrected chi connectivity index (χ4v) is 2.10. The summed E-state index contributed by atoms with van der Waals surface area (Å²) in [4.78, 5) is 0. The van der Waals surface area contributed by atoms with Crippen molar-refractivity contribution in [1.29, 1.82) is 0 Å². The van der Waals surface area contributed by atoms with Crippen LogP contribution < -0.4 is 5.32 Å². The molecule has 0 spiro atoms. The van der Waals surface area contributed by atoms with Crippen LogP contribution in [0.25, 0.3) is 0 Å². The van der Waals surface area contributed by atoms with Crippen molar-refractivity contribution < 1.29 is 14.6 Å². The number of hydrogen-bond donors (Lipinski definition) is 2. The minimum atomic E-state index is -0.220. The second-order valence-electron chi connectivity index (χ2n) is 5.06. The van der Waals surface area contributed by atoms with Crippen LogP contribution in [-0.4, -0.2) is 49.7 Å². The Morgan fingerprint density at radius 3 is 2.88 bits per heavy atom. The maximum absolute atomic E-state index is 9.32. The van der Waals surface area contributed by atoms with Gasteiger partial charge in [0, 0.05) is 18.8 Å². The zero-order valence-corrected chi connectivity index (χ0v) is 11.2. The highest BCUT2D eigenvalue weighted by atomic mass is 16.5. The average molecular weight is 245 g/mol. The Morgan fingerprint density at radius 1 is 1.47 bits per heavy atom. The van der Waals surface area contributed by atoms with E-state index in [4.69, 9.17) is 9.47 Å². The molecule has 2 unspecified atom stereocenters. The van der Waals surface area contributed by atoms with Crippen molar-refractivity contribution in [2.24, 2.45) is 0 Å². The molecule has 1 rings (SSSR count). The summed E-state index contributed by atoms with van der Waals surface area (Å²) in [7, 11) is 0. The first-order valence-corrected chi connectivity index (χ1v) is 6.75. The van der Waals surface area contributed by atoms with Crippen molar-refractivity contribution in [1.82, 2.24) is 5.32 Å². The number of nitrogens with one attached hydrogen (secondary N) is 1. The molecule has 4 nitrogen and oxygen atoms in total. The van der Waals surface area contributed by atoms with Gasteiger partial charge in [0.1, 0.15) is 0 Å². The molecule has 4 heteroatoms. The van der Waals surface area contributed by atoms with E-state index in [1.807, 2.05) is 13.8 Å². The summed E-state index contributed by atoms with van der Waals surface area (Å²) in [6.07, 6.45) is 4.65. The third kappa shape index (κ3) is 5.82. The summed E-state index contributed by atoms with van der Waals surface area (Å²) >= 11 is 0. The Morgan fingerprint density at radius 2 is 2.29 bits per heavy atom. The quantitative estimate of drug-likeness (QED) is 0.633. The van der Waals surface area contributed by atoms with Gasteiger partial charge in [0.15, 0.2) is 0 Å². The molecule has 1 fully saturated rings. The molecule has 2 atom stereocenters. The van der Waals surface area contributed by atoms with Crippen LogP contribution in [0.4, 0.5) is 0 Å². The van der Waals surface area contributed by atoms with Crippen molar-refractivity contribution in [3.05, 3.63) is 0 Å². The van der Waals surface area contributed by atoms with E-state index < -0.39 is 0 Å². The molecule has 1 aliphatic rings.